The van der Waals surface area contributed by atoms with Crippen LogP contribution in [0.15, 0.2) is 18.5 Å². The van der Waals surface area contributed by atoms with E-state index in [9.17, 15) is 0 Å². The average molecular weight is 269 g/mol. The van der Waals surface area contributed by atoms with Gasteiger partial charge in [-0.1, -0.05) is 46.2 Å². The Morgan fingerprint density at radius 2 is 2.00 bits per heavy atom. The molecule has 0 saturated carbocycles. The van der Waals surface area contributed by atoms with E-state index in [0.29, 0.717) is 12.0 Å². The van der Waals surface area contributed by atoms with Crippen molar-refractivity contribution >= 4 is 11.6 Å². The van der Waals surface area contributed by atoms with Crippen molar-refractivity contribution in [2.45, 2.75) is 47.1 Å². The molecule has 1 N–H and O–H groups in total. The van der Waals surface area contributed by atoms with Gasteiger partial charge >= 0.3 is 0 Å². The SMILES string of the molecule is CC(C)NCC(Cc1ccncc1Cl)C(C)(C)C. The highest BCUT2D eigenvalue weighted by atomic mass is 35.5. The maximum atomic E-state index is 6.20. The molecule has 1 aromatic rings. The van der Waals surface area contributed by atoms with Gasteiger partial charge < -0.3 is 5.32 Å². The molecule has 0 amide bonds. The summed E-state index contributed by atoms with van der Waals surface area (Å²) in [6.45, 7) is 12.2. The molecule has 0 aliphatic heterocycles. The Kier molecular flexibility index (Phi) is 5.61. The molecule has 102 valence electrons. The molecule has 0 aromatic carbocycles. The second kappa shape index (κ2) is 6.53. The molecule has 3 heteroatoms. The summed E-state index contributed by atoms with van der Waals surface area (Å²) in [5, 5.41) is 4.31. The zero-order valence-corrected chi connectivity index (χ0v) is 12.9. The van der Waals surface area contributed by atoms with Gasteiger partial charge in [0.2, 0.25) is 0 Å². The van der Waals surface area contributed by atoms with Crippen LogP contribution in [0.3, 0.4) is 0 Å². The van der Waals surface area contributed by atoms with Crippen molar-refractivity contribution in [1.82, 2.24) is 10.3 Å². The normalized spacial score (nSPS) is 13.9. The van der Waals surface area contributed by atoms with Crippen LogP contribution in [0.2, 0.25) is 5.02 Å². The van der Waals surface area contributed by atoms with Gasteiger partial charge in [0.05, 0.1) is 5.02 Å². The van der Waals surface area contributed by atoms with Crippen molar-refractivity contribution in [3.63, 3.8) is 0 Å². The zero-order chi connectivity index (χ0) is 13.8. The minimum absolute atomic E-state index is 0.258. The Bertz CT molecular complexity index is 369. The summed E-state index contributed by atoms with van der Waals surface area (Å²) in [6.07, 6.45) is 4.54. The van der Waals surface area contributed by atoms with Crippen molar-refractivity contribution in [3.05, 3.63) is 29.0 Å². The van der Waals surface area contributed by atoms with Crippen LogP contribution < -0.4 is 5.32 Å². The van der Waals surface area contributed by atoms with Crippen LogP contribution in [0, 0.1) is 11.3 Å². The molecule has 0 saturated heterocycles. The molecule has 1 heterocycles. The number of hydrogen-bond acceptors (Lipinski definition) is 2. The molecular weight excluding hydrogens is 244 g/mol. The van der Waals surface area contributed by atoms with Gasteiger partial charge in [0.1, 0.15) is 0 Å². The van der Waals surface area contributed by atoms with E-state index in [1.54, 1.807) is 6.20 Å². The number of pyridine rings is 1. The lowest BCUT2D eigenvalue weighted by molar-refractivity contribution is 0.226. The molecule has 1 aromatic heterocycles. The van der Waals surface area contributed by atoms with E-state index in [-0.39, 0.29) is 5.41 Å². The summed E-state index contributed by atoms with van der Waals surface area (Å²) in [5.74, 6) is 0.555. The van der Waals surface area contributed by atoms with E-state index in [1.807, 2.05) is 12.3 Å². The van der Waals surface area contributed by atoms with Gasteiger partial charge in [0.15, 0.2) is 0 Å². The highest BCUT2D eigenvalue weighted by Gasteiger charge is 2.25. The first-order valence-corrected chi connectivity index (χ1v) is 7.00. The van der Waals surface area contributed by atoms with E-state index < -0.39 is 0 Å². The minimum Gasteiger partial charge on any atom is -0.314 e. The van der Waals surface area contributed by atoms with Crippen molar-refractivity contribution in [2.24, 2.45) is 11.3 Å². The van der Waals surface area contributed by atoms with Crippen LogP contribution in [-0.2, 0) is 6.42 Å². The van der Waals surface area contributed by atoms with Crippen LogP contribution in [0.4, 0.5) is 0 Å². The van der Waals surface area contributed by atoms with E-state index in [2.05, 4.69) is 44.9 Å². The van der Waals surface area contributed by atoms with Crippen LogP contribution >= 0.6 is 11.6 Å². The predicted molar refractivity (Wildman–Crippen MR) is 79.0 cm³/mol. The monoisotopic (exact) mass is 268 g/mol. The molecule has 1 atom stereocenters. The molecule has 0 bridgehead atoms. The Balaban J connectivity index is 2.76. The molecule has 1 unspecified atom stereocenters. The molecule has 0 fully saturated rings. The molecule has 0 aliphatic carbocycles. The highest BCUT2D eigenvalue weighted by Crippen LogP contribution is 2.30. The van der Waals surface area contributed by atoms with Gasteiger partial charge in [-0.05, 0) is 35.9 Å². The van der Waals surface area contributed by atoms with E-state index >= 15 is 0 Å². The fourth-order valence-corrected chi connectivity index (χ4v) is 2.09. The van der Waals surface area contributed by atoms with E-state index in [0.717, 1.165) is 18.0 Å². The second-order valence-corrected chi connectivity index (χ2v) is 6.70. The number of nitrogens with zero attached hydrogens (tertiary/aromatic N) is 1. The summed E-state index contributed by atoms with van der Waals surface area (Å²) in [5.41, 5.74) is 1.45. The summed E-state index contributed by atoms with van der Waals surface area (Å²) in [6, 6.07) is 2.54. The number of rotatable bonds is 5. The maximum absolute atomic E-state index is 6.20. The van der Waals surface area contributed by atoms with Crippen LogP contribution in [0.25, 0.3) is 0 Å². The molecule has 2 nitrogen and oxygen atoms in total. The van der Waals surface area contributed by atoms with Crippen LogP contribution in [-0.4, -0.2) is 17.6 Å². The second-order valence-electron chi connectivity index (χ2n) is 6.30. The van der Waals surface area contributed by atoms with Crippen LogP contribution in [0.1, 0.15) is 40.2 Å². The van der Waals surface area contributed by atoms with E-state index in [1.165, 1.54) is 5.56 Å². The van der Waals surface area contributed by atoms with Crippen molar-refractivity contribution < 1.29 is 0 Å². The largest absolute Gasteiger partial charge is 0.314 e. The quantitative estimate of drug-likeness (QED) is 0.875. The molecule has 0 spiro atoms. The first-order valence-electron chi connectivity index (χ1n) is 6.62. The van der Waals surface area contributed by atoms with Crippen molar-refractivity contribution in [2.75, 3.05) is 6.54 Å². The van der Waals surface area contributed by atoms with Gasteiger partial charge in [0.25, 0.3) is 0 Å². The zero-order valence-electron chi connectivity index (χ0n) is 12.1. The van der Waals surface area contributed by atoms with Crippen molar-refractivity contribution in [3.8, 4) is 0 Å². The standard InChI is InChI=1S/C15H25ClN2/c1-11(2)18-9-13(15(3,4)5)8-12-6-7-17-10-14(12)16/h6-7,10-11,13,18H,8-9H2,1-5H3. The van der Waals surface area contributed by atoms with Crippen LogP contribution in [0.5, 0.6) is 0 Å². The fourth-order valence-electron chi connectivity index (χ4n) is 1.90. The number of nitrogens with one attached hydrogen (secondary N) is 1. The molecule has 0 radical (unpaired) electrons. The first kappa shape index (κ1) is 15.5. The summed E-state index contributed by atoms with van der Waals surface area (Å²) < 4.78 is 0. The average Bonchev–Trinajstić information content (AvgIpc) is 2.24. The number of halogens is 1. The minimum atomic E-state index is 0.258. The molecule has 0 aliphatic rings. The molecule has 1 rings (SSSR count). The Labute approximate surface area is 116 Å². The van der Waals surface area contributed by atoms with E-state index in [4.69, 9.17) is 11.6 Å². The summed E-state index contributed by atoms with van der Waals surface area (Å²) in [4.78, 5) is 4.04. The Morgan fingerprint density at radius 3 is 2.50 bits per heavy atom. The van der Waals surface area contributed by atoms with Gasteiger partial charge in [-0.2, -0.15) is 0 Å². The molecule has 18 heavy (non-hydrogen) atoms. The molecular formula is C15H25ClN2. The highest BCUT2D eigenvalue weighted by molar-refractivity contribution is 6.31. The Morgan fingerprint density at radius 1 is 1.33 bits per heavy atom. The predicted octanol–water partition coefficient (Wildman–Crippen LogP) is 3.94. The number of hydrogen-bond donors (Lipinski definition) is 1. The summed E-state index contributed by atoms with van der Waals surface area (Å²) in [7, 11) is 0. The lowest BCUT2D eigenvalue weighted by Gasteiger charge is -2.32. The number of aromatic nitrogens is 1. The van der Waals surface area contributed by atoms with Gasteiger partial charge in [-0.15, -0.1) is 0 Å². The van der Waals surface area contributed by atoms with Gasteiger partial charge in [-0.3, -0.25) is 4.98 Å². The summed E-state index contributed by atoms with van der Waals surface area (Å²) >= 11 is 6.20. The smallest absolute Gasteiger partial charge is 0.0621 e. The maximum Gasteiger partial charge on any atom is 0.0621 e. The topological polar surface area (TPSA) is 24.9 Å². The Hall–Kier alpha value is -0.600. The fraction of sp³-hybridized carbons (Fsp3) is 0.667. The third-order valence-electron chi connectivity index (χ3n) is 3.32. The third kappa shape index (κ3) is 4.95. The lowest BCUT2D eigenvalue weighted by Crippen LogP contribution is -2.36. The lowest BCUT2D eigenvalue weighted by atomic mass is 9.77. The van der Waals surface area contributed by atoms with Crippen molar-refractivity contribution in [1.29, 1.82) is 0 Å². The van der Waals surface area contributed by atoms with Gasteiger partial charge in [0, 0.05) is 18.4 Å². The first-order chi connectivity index (χ1) is 8.30. The third-order valence-corrected chi connectivity index (χ3v) is 3.66. The van der Waals surface area contributed by atoms with Gasteiger partial charge in [-0.25, -0.2) is 0 Å².